The summed E-state index contributed by atoms with van der Waals surface area (Å²) in [5.74, 6) is -0.839. The van der Waals surface area contributed by atoms with Gasteiger partial charge in [-0.05, 0) is 36.2 Å². The predicted molar refractivity (Wildman–Crippen MR) is 84.4 cm³/mol. The molecule has 23 heavy (non-hydrogen) atoms. The summed E-state index contributed by atoms with van der Waals surface area (Å²) in [6.45, 7) is 2.60. The summed E-state index contributed by atoms with van der Waals surface area (Å²) in [7, 11) is 0. The van der Waals surface area contributed by atoms with Crippen LogP contribution in [0, 0.1) is 0 Å². The van der Waals surface area contributed by atoms with Gasteiger partial charge in [-0.1, -0.05) is 19.1 Å². The summed E-state index contributed by atoms with van der Waals surface area (Å²) in [5.41, 5.74) is 2.18. The van der Waals surface area contributed by atoms with E-state index in [0.29, 0.717) is 23.4 Å². The van der Waals surface area contributed by atoms with Gasteiger partial charge in [-0.15, -0.1) is 0 Å². The molecular formula is C17H16N2O4. The van der Waals surface area contributed by atoms with Crippen molar-refractivity contribution in [3.8, 4) is 0 Å². The quantitative estimate of drug-likeness (QED) is 0.677. The van der Waals surface area contributed by atoms with Crippen molar-refractivity contribution in [3.05, 3.63) is 64.3 Å². The molecule has 118 valence electrons. The van der Waals surface area contributed by atoms with Crippen LogP contribution in [0.25, 0.3) is 11.2 Å². The molecule has 0 bridgehead atoms. The Labute approximate surface area is 132 Å². The summed E-state index contributed by atoms with van der Waals surface area (Å²) >= 11 is 0. The zero-order chi connectivity index (χ0) is 16.2. The van der Waals surface area contributed by atoms with Crippen molar-refractivity contribution >= 4 is 17.2 Å². The average molecular weight is 312 g/mol. The van der Waals surface area contributed by atoms with Gasteiger partial charge in [0, 0.05) is 6.20 Å². The molecule has 0 N–H and O–H groups in total. The average Bonchev–Trinajstić information content (AvgIpc) is 2.89. The van der Waals surface area contributed by atoms with E-state index >= 15 is 0 Å². The third-order valence-electron chi connectivity index (χ3n) is 3.36. The van der Waals surface area contributed by atoms with E-state index < -0.39 is 5.76 Å². The second-order valence-electron chi connectivity index (χ2n) is 5.12. The highest BCUT2D eigenvalue weighted by Crippen LogP contribution is 2.13. The first kappa shape index (κ1) is 15.0. The van der Waals surface area contributed by atoms with E-state index in [-0.39, 0.29) is 12.5 Å². The normalized spacial score (nSPS) is 10.8. The molecule has 6 heteroatoms. The number of fused-ring (bicyclic) bond motifs is 1. The molecule has 2 heterocycles. The molecule has 0 aliphatic carbocycles. The van der Waals surface area contributed by atoms with Crippen LogP contribution < -0.4 is 5.76 Å². The smallest absolute Gasteiger partial charge is 0.421 e. The predicted octanol–water partition coefficient (Wildman–Crippen LogP) is 2.60. The molecule has 2 aromatic heterocycles. The van der Waals surface area contributed by atoms with Crippen molar-refractivity contribution in [1.82, 2.24) is 9.55 Å². The highest BCUT2D eigenvalue weighted by molar-refractivity contribution is 5.89. The largest absolute Gasteiger partial charge is 0.462 e. The van der Waals surface area contributed by atoms with Crippen LogP contribution in [-0.2, 0) is 11.3 Å². The van der Waals surface area contributed by atoms with Gasteiger partial charge in [0.05, 0.1) is 18.7 Å². The van der Waals surface area contributed by atoms with Crippen molar-refractivity contribution < 1.29 is 13.9 Å². The fraction of sp³-hybridized carbons (Fsp3) is 0.235. The van der Waals surface area contributed by atoms with Gasteiger partial charge in [0.15, 0.2) is 11.2 Å². The number of carbonyl (C=O) groups excluding carboxylic acids is 1. The van der Waals surface area contributed by atoms with Gasteiger partial charge in [-0.2, -0.15) is 0 Å². The lowest BCUT2D eigenvalue weighted by molar-refractivity contribution is 0.0505. The number of oxazole rings is 1. The minimum Gasteiger partial charge on any atom is -0.462 e. The van der Waals surface area contributed by atoms with E-state index in [1.54, 1.807) is 36.5 Å². The molecule has 3 rings (SSSR count). The first-order chi connectivity index (χ1) is 11.2. The molecule has 0 saturated carbocycles. The number of pyridine rings is 1. The van der Waals surface area contributed by atoms with Crippen LogP contribution in [0.2, 0.25) is 0 Å². The Morgan fingerprint density at radius 3 is 3.00 bits per heavy atom. The minimum absolute atomic E-state index is 0.276. The fourth-order valence-electron chi connectivity index (χ4n) is 2.30. The van der Waals surface area contributed by atoms with Crippen molar-refractivity contribution in [2.24, 2.45) is 0 Å². The van der Waals surface area contributed by atoms with Gasteiger partial charge in [0.1, 0.15) is 0 Å². The number of aromatic nitrogens is 2. The molecule has 0 spiro atoms. The third-order valence-corrected chi connectivity index (χ3v) is 3.36. The van der Waals surface area contributed by atoms with Crippen LogP contribution >= 0.6 is 0 Å². The SMILES string of the molecule is CCCOC(=O)c1cccc(Cn2c(=O)oc3cccnc32)c1. The molecule has 6 nitrogen and oxygen atoms in total. The molecule has 3 aromatic rings. The van der Waals surface area contributed by atoms with E-state index in [9.17, 15) is 9.59 Å². The summed E-state index contributed by atoms with van der Waals surface area (Å²) in [5, 5.41) is 0. The molecule has 0 unspecified atom stereocenters. The van der Waals surface area contributed by atoms with Gasteiger partial charge in [0.25, 0.3) is 0 Å². The lowest BCUT2D eigenvalue weighted by Gasteiger charge is -2.06. The number of nitrogens with zero attached hydrogens (tertiary/aromatic N) is 2. The highest BCUT2D eigenvalue weighted by Gasteiger charge is 2.12. The topological polar surface area (TPSA) is 74.3 Å². The third kappa shape index (κ3) is 3.15. The summed E-state index contributed by atoms with van der Waals surface area (Å²) in [6, 6.07) is 10.4. The number of esters is 1. The van der Waals surface area contributed by atoms with E-state index in [1.165, 1.54) is 4.57 Å². The molecule has 0 radical (unpaired) electrons. The number of ether oxygens (including phenoxy) is 1. The zero-order valence-electron chi connectivity index (χ0n) is 12.7. The number of carbonyl (C=O) groups is 1. The van der Waals surface area contributed by atoms with Gasteiger partial charge >= 0.3 is 11.7 Å². The Morgan fingerprint density at radius 2 is 2.17 bits per heavy atom. The van der Waals surface area contributed by atoms with Gasteiger partial charge in [0.2, 0.25) is 0 Å². The molecule has 1 aromatic carbocycles. The summed E-state index contributed by atoms with van der Waals surface area (Å²) in [4.78, 5) is 28.1. The maximum absolute atomic E-state index is 12.0. The van der Waals surface area contributed by atoms with E-state index in [0.717, 1.165) is 12.0 Å². The lowest BCUT2D eigenvalue weighted by Crippen LogP contribution is -2.16. The first-order valence-corrected chi connectivity index (χ1v) is 7.39. The Balaban J connectivity index is 1.89. The van der Waals surface area contributed by atoms with Crippen LogP contribution in [-0.4, -0.2) is 22.1 Å². The Hall–Kier alpha value is -2.89. The maximum Gasteiger partial charge on any atom is 0.421 e. The summed E-state index contributed by atoms with van der Waals surface area (Å²) < 4.78 is 11.7. The minimum atomic E-state index is -0.474. The number of hydrogen-bond donors (Lipinski definition) is 0. The van der Waals surface area contributed by atoms with E-state index in [1.807, 2.05) is 13.0 Å². The molecule has 0 fully saturated rings. The number of benzene rings is 1. The lowest BCUT2D eigenvalue weighted by atomic mass is 10.1. The monoisotopic (exact) mass is 312 g/mol. The van der Waals surface area contributed by atoms with E-state index in [2.05, 4.69) is 4.98 Å². The second-order valence-corrected chi connectivity index (χ2v) is 5.12. The molecule has 0 saturated heterocycles. The van der Waals surface area contributed by atoms with E-state index in [4.69, 9.17) is 9.15 Å². The second kappa shape index (κ2) is 6.48. The molecule has 0 aliphatic rings. The van der Waals surface area contributed by atoms with Gasteiger partial charge in [-0.3, -0.25) is 4.57 Å². The maximum atomic E-state index is 12.0. The Kier molecular flexibility index (Phi) is 4.23. The Morgan fingerprint density at radius 1 is 1.30 bits per heavy atom. The van der Waals surface area contributed by atoms with Crippen molar-refractivity contribution in [3.63, 3.8) is 0 Å². The van der Waals surface area contributed by atoms with Crippen LogP contribution in [0.15, 0.2) is 51.8 Å². The molecule has 0 aliphatic heterocycles. The van der Waals surface area contributed by atoms with Crippen molar-refractivity contribution in [2.75, 3.05) is 6.61 Å². The Bertz CT molecular complexity index is 895. The molecular weight excluding hydrogens is 296 g/mol. The van der Waals surface area contributed by atoms with Gasteiger partial charge in [-0.25, -0.2) is 14.6 Å². The van der Waals surface area contributed by atoms with Crippen LogP contribution in [0.1, 0.15) is 29.3 Å². The van der Waals surface area contributed by atoms with Crippen LogP contribution in [0.4, 0.5) is 0 Å². The first-order valence-electron chi connectivity index (χ1n) is 7.39. The highest BCUT2D eigenvalue weighted by atomic mass is 16.5. The van der Waals surface area contributed by atoms with Crippen LogP contribution in [0.5, 0.6) is 0 Å². The number of hydrogen-bond acceptors (Lipinski definition) is 5. The fourth-order valence-corrected chi connectivity index (χ4v) is 2.30. The zero-order valence-corrected chi connectivity index (χ0v) is 12.7. The van der Waals surface area contributed by atoms with Crippen LogP contribution in [0.3, 0.4) is 0 Å². The molecule has 0 amide bonds. The van der Waals surface area contributed by atoms with Crippen molar-refractivity contribution in [1.29, 1.82) is 0 Å². The van der Waals surface area contributed by atoms with Gasteiger partial charge < -0.3 is 9.15 Å². The number of rotatable bonds is 5. The molecule has 0 atom stereocenters. The standard InChI is InChI=1S/C17H16N2O4/c1-2-9-22-16(20)13-6-3-5-12(10-13)11-19-15-14(23-17(19)21)7-4-8-18-15/h3-8,10H,2,9,11H2,1H3. The summed E-state index contributed by atoms with van der Waals surface area (Å²) in [6.07, 6.45) is 2.37. The van der Waals surface area contributed by atoms with Crippen molar-refractivity contribution in [2.45, 2.75) is 19.9 Å².